The molecule has 2 aliphatic carbocycles. The number of hydrogen-bond acceptors (Lipinski definition) is 12. The van der Waals surface area contributed by atoms with E-state index in [-0.39, 0.29) is 58.3 Å². The van der Waals surface area contributed by atoms with E-state index in [4.69, 9.17) is 14.7 Å². The Balaban J connectivity index is 0.655. The molecule has 5 aliphatic heterocycles. The maximum Gasteiger partial charge on any atom is 0.319 e. The van der Waals surface area contributed by atoms with E-state index in [1.54, 1.807) is 23.2 Å². The molecule has 0 radical (unpaired) electrons. The summed E-state index contributed by atoms with van der Waals surface area (Å²) in [6, 6.07) is 11.6. The molecule has 3 aromatic carbocycles. The summed E-state index contributed by atoms with van der Waals surface area (Å²) in [5.74, 6) is -0.0978. The molecule has 2 aromatic heterocycles. The van der Waals surface area contributed by atoms with Gasteiger partial charge in [0.25, 0.3) is 5.91 Å². The minimum Gasteiger partial charge on any atom is -0.508 e. The summed E-state index contributed by atoms with van der Waals surface area (Å²) in [4.78, 5) is 63.3. The van der Waals surface area contributed by atoms with Gasteiger partial charge in [-0.15, -0.1) is 0 Å². The van der Waals surface area contributed by atoms with Crippen LogP contribution < -0.4 is 19.9 Å². The number of aryl methyl sites for hydroxylation is 1. The van der Waals surface area contributed by atoms with Crippen LogP contribution in [0.5, 0.6) is 11.8 Å². The predicted octanol–water partition coefficient (Wildman–Crippen LogP) is 7.86. The third-order valence-corrected chi connectivity index (χ3v) is 17.5. The highest BCUT2D eigenvalue weighted by atomic mass is 19.1. The van der Waals surface area contributed by atoms with Crippen LogP contribution in [0.1, 0.15) is 99.5 Å². The zero-order valence-electron chi connectivity index (χ0n) is 41.5. The van der Waals surface area contributed by atoms with Crippen LogP contribution in [-0.2, 0) is 22.6 Å². The first kappa shape index (κ1) is 47.0. The van der Waals surface area contributed by atoms with E-state index >= 15 is 8.78 Å². The SMILES string of the molecule is CCc1c(F)ccc2cc(O)cc(-c3ncc4c(N5CCC[C@H](C)C5)nc(OCC5(CN6CCC7(CC6)CC(CN6CCN(c8ccc9c(c8)CN([C@H]8CCC(=O)NC8=O)C9=O)CC6)C7)CC5)nc4c3F)c12. The molecule has 4 saturated heterocycles. The number of likely N-dealkylation sites (tertiary alicyclic amines) is 1. The van der Waals surface area contributed by atoms with Crippen LogP contribution in [0.25, 0.3) is 32.9 Å². The Morgan fingerprint density at radius 3 is 2.43 bits per heavy atom. The summed E-state index contributed by atoms with van der Waals surface area (Å²) in [5.41, 5.74) is 4.03. The van der Waals surface area contributed by atoms with Crippen LogP contribution >= 0.6 is 0 Å². The number of halogens is 2. The highest BCUT2D eigenvalue weighted by Gasteiger charge is 2.50. The highest BCUT2D eigenvalue weighted by molar-refractivity contribution is 6.06. The maximum atomic E-state index is 17.1. The number of nitrogens with one attached hydrogen (secondary N) is 1. The van der Waals surface area contributed by atoms with Gasteiger partial charge in [0.1, 0.15) is 34.6 Å². The number of nitrogens with zero attached hydrogens (tertiary/aromatic N) is 8. The molecule has 3 amide bonds. The number of piperazine rings is 1. The molecule has 2 N–H and O–H groups in total. The molecule has 7 heterocycles. The molecule has 0 bridgehead atoms. The van der Waals surface area contributed by atoms with Crippen LogP contribution in [-0.4, -0.2) is 131 Å². The second kappa shape index (κ2) is 18.5. The lowest BCUT2D eigenvalue weighted by atomic mass is 9.57. The van der Waals surface area contributed by atoms with Crippen molar-refractivity contribution in [3.63, 3.8) is 0 Å². The molecule has 1 spiro atoms. The van der Waals surface area contributed by atoms with Gasteiger partial charge in [-0.3, -0.25) is 29.6 Å². The number of aromatic nitrogens is 3. The molecule has 0 unspecified atom stereocenters. The van der Waals surface area contributed by atoms with Gasteiger partial charge >= 0.3 is 6.01 Å². The Labute approximate surface area is 419 Å². The summed E-state index contributed by atoms with van der Waals surface area (Å²) in [6.07, 6.45) is 11.9. The first-order chi connectivity index (χ1) is 34.8. The van der Waals surface area contributed by atoms with Crippen LogP contribution in [0, 0.1) is 34.3 Å². The van der Waals surface area contributed by atoms with Gasteiger partial charge in [-0.2, -0.15) is 9.97 Å². The van der Waals surface area contributed by atoms with Crippen molar-refractivity contribution in [1.29, 1.82) is 0 Å². The molecule has 2 saturated carbocycles. The zero-order chi connectivity index (χ0) is 49.5. The highest BCUT2D eigenvalue weighted by Crippen LogP contribution is 2.54. The number of benzene rings is 3. The van der Waals surface area contributed by atoms with Gasteiger partial charge in [0.05, 0.1) is 12.0 Å². The molecule has 378 valence electrons. The molecule has 7 aliphatic rings. The van der Waals surface area contributed by atoms with E-state index in [0.717, 1.165) is 108 Å². The van der Waals surface area contributed by atoms with Gasteiger partial charge in [0.15, 0.2) is 5.82 Å². The fourth-order valence-electron chi connectivity index (χ4n) is 13.3. The number of anilines is 2. The number of pyridine rings is 1. The van der Waals surface area contributed by atoms with E-state index in [0.29, 0.717) is 76.0 Å². The number of aromatic hydroxyl groups is 1. The average molecular weight is 982 g/mol. The average Bonchev–Trinajstić information content (AvgIpc) is 4.06. The Hall–Kier alpha value is -6.00. The number of amides is 3. The Morgan fingerprint density at radius 1 is 0.875 bits per heavy atom. The van der Waals surface area contributed by atoms with Crippen molar-refractivity contribution in [3.05, 3.63) is 77.0 Å². The van der Waals surface area contributed by atoms with Gasteiger partial charge in [-0.25, -0.2) is 8.78 Å². The van der Waals surface area contributed by atoms with Gasteiger partial charge < -0.3 is 29.4 Å². The number of piperidine rings is 3. The van der Waals surface area contributed by atoms with Crippen molar-refractivity contribution >= 4 is 50.9 Å². The molecule has 5 aromatic rings. The van der Waals surface area contributed by atoms with Gasteiger partial charge in [0, 0.05) is 93.7 Å². The van der Waals surface area contributed by atoms with Crippen molar-refractivity contribution in [1.82, 2.24) is 35.0 Å². The van der Waals surface area contributed by atoms with E-state index in [1.807, 2.05) is 19.1 Å². The number of carbonyl (C=O) groups is 3. The van der Waals surface area contributed by atoms with Crippen molar-refractivity contribution in [3.8, 4) is 23.0 Å². The number of rotatable bonds is 12. The van der Waals surface area contributed by atoms with E-state index in [1.165, 1.54) is 37.8 Å². The Bertz CT molecular complexity index is 2980. The van der Waals surface area contributed by atoms with E-state index < -0.39 is 11.9 Å². The second-order valence-corrected chi connectivity index (χ2v) is 22.5. The standard InChI is InChI=1S/C56H65F2N9O5/c1-3-40-44(57)9-6-36-24-39(68)25-42(47(36)40)49-48(58)50-43(28-59-49)51(66-16-4-5-34(2)29-66)62-54(61-50)72-33-56(12-13-56)32-64-17-14-55(15-18-64)26-35(27-55)30-63-19-21-65(22-20-63)38-7-8-41-37(23-38)31-67(53(41)71)45-10-11-46(69)60-52(45)70/h6-9,23-25,28,34-35,45,68H,3-5,10-22,26-27,29-33H2,1-2H3,(H,60,69,70)/t34-,45-/m0/s1. The number of hydrogen-bond donors (Lipinski definition) is 2. The zero-order valence-corrected chi connectivity index (χ0v) is 41.5. The van der Waals surface area contributed by atoms with Gasteiger partial charge in [0.2, 0.25) is 11.8 Å². The quantitative estimate of drug-likeness (QED) is 0.117. The van der Waals surface area contributed by atoms with Crippen molar-refractivity contribution in [2.24, 2.45) is 22.7 Å². The molecule has 16 heteroatoms. The number of phenols is 1. The lowest BCUT2D eigenvalue weighted by Gasteiger charge is -2.54. The van der Waals surface area contributed by atoms with Gasteiger partial charge in [-0.1, -0.05) is 19.9 Å². The first-order valence-electron chi connectivity index (χ1n) is 26.5. The minimum atomic E-state index is -0.649. The molecule has 2 atom stereocenters. The smallest absolute Gasteiger partial charge is 0.319 e. The fraction of sp³-hybridized carbons (Fsp3) is 0.536. The summed E-state index contributed by atoms with van der Waals surface area (Å²) < 4.78 is 38.8. The number of imide groups is 1. The largest absolute Gasteiger partial charge is 0.508 e. The fourth-order valence-corrected chi connectivity index (χ4v) is 13.3. The van der Waals surface area contributed by atoms with E-state index in [2.05, 4.69) is 42.9 Å². The van der Waals surface area contributed by atoms with Crippen LogP contribution in [0.3, 0.4) is 0 Å². The molecule has 72 heavy (non-hydrogen) atoms. The van der Waals surface area contributed by atoms with Crippen molar-refractivity contribution in [2.75, 3.05) is 81.9 Å². The summed E-state index contributed by atoms with van der Waals surface area (Å²) in [5, 5.41) is 14.8. The number of ether oxygens (including phenoxy) is 1. The molecular weight excluding hydrogens is 917 g/mol. The Morgan fingerprint density at radius 2 is 1.68 bits per heavy atom. The summed E-state index contributed by atoms with van der Waals surface area (Å²) >= 11 is 0. The second-order valence-electron chi connectivity index (χ2n) is 22.5. The Kier molecular flexibility index (Phi) is 12.1. The topological polar surface area (TPSA) is 148 Å². The summed E-state index contributed by atoms with van der Waals surface area (Å²) in [6.45, 7) is 14.7. The molecule has 14 nitrogen and oxygen atoms in total. The van der Waals surface area contributed by atoms with Crippen molar-refractivity contribution in [2.45, 2.75) is 97.1 Å². The maximum absolute atomic E-state index is 17.1. The van der Waals surface area contributed by atoms with Gasteiger partial charge in [-0.05, 0) is 153 Å². The molecule has 12 rings (SSSR count). The normalized spacial score (nSPS) is 23.5. The number of carbonyl (C=O) groups excluding carboxylic acids is 3. The molecular formula is C56H65F2N9O5. The molecule has 6 fully saturated rings. The van der Waals surface area contributed by atoms with Crippen LogP contribution in [0.15, 0.2) is 48.7 Å². The van der Waals surface area contributed by atoms with E-state index in [9.17, 15) is 19.5 Å². The monoisotopic (exact) mass is 982 g/mol. The van der Waals surface area contributed by atoms with Crippen LogP contribution in [0.4, 0.5) is 20.3 Å². The minimum absolute atomic E-state index is 0.000867. The first-order valence-corrected chi connectivity index (χ1v) is 26.5. The lowest BCUT2D eigenvalue weighted by molar-refractivity contribution is -0.136. The third-order valence-electron chi connectivity index (χ3n) is 17.5. The number of fused-ring (bicyclic) bond motifs is 3. The van der Waals surface area contributed by atoms with Crippen molar-refractivity contribution < 1.29 is 33.0 Å². The number of phenolic OH excluding ortho intramolecular Hbond substituents is 1. The lowest BCUT2D eigenvalue weighted by Crippen LogP contribution is -2.53. The van der Waals surface area contributed by atoms with Crippen LogP contribution in [0.2, 0.25) is 0 Å². The predicted molar refractivity (Wildman–Crippen MR) is 271 cm³/mol. The summed E-state index contributed by atoms with van der Waals surface area (Å²) in [7, 11) is 0. The third kappa shape index (κ3) is 8.79.